The van der Waals surface area contributed by atoms with Gasteiger partial charge in [0.2, 0.25) is 0 Å². The summed E-state index contributed by atoms with van der Waals surface area (Å²) in [5.41, 5.74) is 6.64. The Morgan fingerprint density at radius 3 is 2.63 bits per heavy atom. The fraction of sp³-hybridized carbons (Fsp3) is 0.462. The Balaban J connectivity index is 2.71. The Morgan fingerprint density at radius 1 is 1.37 bits per heavy atom. The van der Waals surface area contributed by atoms with Crippen LogP contribution in [0.4, 0.5) is 5.69 Å². The van der Waals surface area contributed by atoms with Crippen molar-refractivity contribution in [3.63, 3.8) is 0 Å². The molecule has 0 bridgehead atoms. The van der Waals surface area contributed by atoms with Gasteiger partial charge in [-0.25, -0.2) is 0 Å². The highest BCUT2D eigenvalue weighted by Crippen LogP contribution is 2.29. The van der Waals surface area contributed by atoms with Crippen molar-refractivity contribution in [2.75, 3.05) is 32.3 Å². The lowest BCUT2D eigenvalue weighted by atomic mass is 10.3. The zero-order valence-corrected chi connectivity index (χ0v) is 12.6. The SMILES string of the molecule is COc1ccc(NC(N)=NCC(C)SC)cc1OC. The van der Waals surface area contributed by atoms with E-state index in [9.17, 15) is 0 Å². The van der Waals surface area contributed by atoms with Gasteiger partial charge < -0.3 is 20.5 Å². The minimum Gasteiger partial charge on any atom is -0.493 e. The minimum atomic E-state index is 0.396. The number of hydrogen-bond acceptors (Lipinski definition) is 4. The normalized spacial score (nSPS) is 12.9. The zero-order chi connectivity index (χ0) is 14.3. The summed E-state index contributed by atoms with van der Waals surface area (Å²) in [5.74, 6) is 1.73. The highest BCUT2D eigenvalue weighted by molar-refractivity contribution is 7.99. The monoisotopic (exact) mass is 283 g/mol. The van der Waals surface area contributed by atoms with E-state index < -0.39 is 0 Å². The van der Waals surface area contributed by atoms with Crippen LogP contribution in [0.2, 0.25) is 0 Å². The second kappa shape index (κ2) is 7.78. The van der Waals surface area contributed by atoms with E-state index in [1.807, 2.05) is 18.2 Å². The van der Waals surface area contributed by atoms with Crippen LogP contribution < -0.4 is 20.5 Å². The topological polar surface area (TPSA) is 68.9 Å². The molecule has 1 aromatic rings. The summed E-state index contributed by atoms with van der Waals surface area (Å²) in [6.07, 6.45) is 2.05. The van der Waals surface area contributed by atoms with Gasteiger partial charge in [-0.2, -0.15) is 11.8 Å². The average Bonchev–Trinajstić information content (AvgIpc) is 2.44. The first-order valence-corrected chi connectivity index (χ1v) is 7.21. The summed E-state index contributed by atoms with van der Waals surface area (Å²) < 4.78 is 10.4. The maximum atomic E-state index is 5.83. The molecule has 0 aliphatic rings. The number of methoxy groups -OCH3 is 2. The van der Waals surface area contributed by atoms with E-state index in [0.29, 0.717) is 29.3 Å². The number of anilines is 1. The number of nitrogens with zero attached hydrogens (tertiary/aromatic N) is 1. The predicted molar refractivity (Wildman–Crippen MR) is 82.6 cm³/mol. The number of ether oxygens (including phenoxy) is 2. The van der Waals surface area contributed by atoms with Crippen molar-refractivity contribution in [3.8, 4) is 11.5 Å². The molecule has 19 heavy (non-hydrogen) atoms. The highest BCUT2D eigenvalue weighted by atomic mass is 32.2. The van der Waals surface area contributed by atoms with Crippen molar-refractivity contribution in [1.82, 2.24) is 0 Å². The summed E-state index contributed by atoms with van der Waals surface area (Å²) in [5, 5.41) is 3.48. The fourth-order valence-corrected chi connectivity index (χ4v) is 1.63. The molecule has 0 radical (unpaired) electrons. The number of nitrogens with two attached hydrogens (primary N) is 1. The molecule has 1 atom stereocenters. The van der Waals surface area contributed by atoms with Gasteiger partial charge in [-0.05, 0) is 18.4 Å². The van der Waals surface area contributed by atoms with E-state index in [1.54, 1.807) is 26.0 Å². The number of thioether (sulfide) groups is 1. The average molecular weight is 283 g/mol. The molecular formula is C13H21N3O2S. The first-order valence-electron chi connectivity index (χ1n) is 5.92. The molecule has 0 aliphatic carbocycles. The maximum absolute atomic E-state index is 5.83. The van der Waals surface area contributed by atoms with Crippen LogP contribution in [0.5, 0.6) is 11.5 Å². The first-order chi connectivity index (χ1) is 9.10. The van der Waals surface area contributed by atoms with Crippen LogP contribution in [0.1, 0.15) is 6.92 Å². The molecule has 0 spiro atoms. The van der Waals surface area contributed by atoms with E-state index >= 15 is 0 Å². The van der Waals surface area contributed by atoms with Crippen LogP contribution >= 0.6 is 11.8 Å². The molecule has 6 heteroatoms. The Bertz CT molecular complexity index is 438. The molecule has 106 valence electrons. The molecule has 0 amide bonds. The maximum Gasteiger partial charge on any atom is 0.193 e. The molecule has 0 aromatic heterocycles. The Labute approximate surface area is 118 Å². The van der Waals surface area contributed by atoms with Gasteiger partial charge in [-0.1, -0.05) is 6.92 Å². The van der Waals surface area contributed by atoms with E-state index in [1.165, 1.54) is 0 Å². The lowest BCUT2D eigenvalue weighted by Gasteiger charge is -2.11. The second-order valence-electron chi connectivity index (χ2n) is 3.97. The first kappa shape index (κ1) is 15.5. The van der Waals surface area contributed by atoms with E-state index in [4.69, 9.17) is 15.2 Å². The van der Waals surface area contributed by atoms with Crippen molar-refractivity contribution < 1.29 is 9.47 Å². The number of rotatable bonds is 6. The van der Waals surface area contributed by atoms with Gasteiger partial charge >= 0.3 is 0 Å². The second-order valence-corrected chi connectivity index (χ2v) is 5.24. The molecule has 3 N–H and O–H groups in total. The largest absolute Gasteiger partial charge is 0.493 e. The number of nitrogens with one attached hydrogen (secondary N) is 1. The van der Waals surface area contributed by atoms with Crippen LogP contribution in [0.15, 0.2) is 23.2 Å². The van der Waals surface area contributed by atoms with E-state index in [0.717, 1.165) is 5.69 Å². The molecule has 1 rings (SSSR count). The molecule has 5 nitrogen and oxygen atoms in total. The molecule has 1 unspecified atom stereocenters. The van der Waals surface area contributed by atoms with Crippen molar-refractivity contribution in [3.05, 3.63) is 18.2 Å². The molecule has 0 aliphatic heterocycles. The minimum absolute atomic E-state index is 0.396. The lowest BCUT2D eigenvalue weighted by molar-refractivity contribution is 0.355. The molecule has 0 fully saturated rings. The quantitative estimate of drug-likeness (QED) is 0.618. The van der Waals surface area contributed by atoms with Gasteiger partial charge in [0.1, 0.15) is 0 Å². The van der Waals surface area contributed by atoms with Gasteiger partial charge in [-0.3, -0.25) is 4.99 Å². The van der Waals surface area contributed by atoms with Gasteiger partial charge in [0.05, 0.1) is 20.8 Å². The molecule has 1 aromatic carbocycles. The zero-order valence-electron chi connectivity index (χ0n) is 11.8. The van der Waals surface area contributed by atoms with Gasteiger partial charge in [0.15, 0.2) is 17.5 Å². The molecule has 0 saturated carbocycles. The highest BCUT2D eigenvalue weighted by Gasteiger charge is 2.05. The van der Waals surface area contributed by atoms with Crippen molar-refractivity contribution in [1.29, 1.82) is 0 Å². The summed E-state index contributed by atoms with van der Waals surface area (Å²) in [4.78, 5) is 4.28. The van der Waals surface area contributed by atoms with Crippen LogP contribution in [0, 0.1) is 0 Å². The number of guanidine groups is 1. The van der Waals surface area contributed by atoms with Crippen molar-refractivity contribution in [2.24, 2.45) is 10.7 Å². The Morgan fingerprint density at radius 2 is 2.05 bits per heavy atom. The summed E-state index contributed by atoms with van der Waals surface area (Å²) in [6, 6.07) is 5.50. The van der Waals surface area contributed by atoms with Crippen LogP contribution in [0.3, 0.4) is 0 Å². The molecular weight excluding hydrogens is 262 g/mol. The van der Waals surface area contributed by atoms with Crippen LogP contribution in [-0.4, -0.2) is 38.2 Å². The number of hydrogen-bond donors (Lipinski definition) is 2. The van der Waals surface area contributed by atoms with Gasteiger partial charge in [0.25, 0.3) is 0 Å². The van der Waals surface area contributed by atoms with Crippen molar-refractivity contribution >= 4 is 23.4 Å². The van der Waals surface area contributed by atoms with Crippen LogP contribution in [0.25, 0.3) is 0 Å². The van der Waals surface area contributed by atoms with Gasteiger partial charge in [0, 0.05) is 17.0 Å². The van der Waals surface area contributed by atoms with Crippen molar-refractivity contribution in [2.45, 2.75) is 12.2 Å². The summed E-state index contributed by atoms with van der Waals surface area (Å²) in [7, 11) is 3.20. The van der Waals surface area contributed by atoms with Crippen LogP contribution in [-0.2, 0) is 0 Å². The summed E-state index contributed by atoms with van der Waals surface area (Å²) >= 11 is 1.76. The van der Waals surface area contributed by atoms with Gasteiger partial charge in [-0.15, -0.1) is 0 Å². The van der Waals surface area contributed by atoms with E-state index in [2.05, 4.69) is 23.5 Å². The Hall–Kier alpha value is -1.56. The third-order valence-electron chi connectivity index (χ3n) is 2.58. The van der Waals surface area contributed by atoms with E-state index in [-0.39, 0.29) is 0 Å². The number of benzene rings is 1. The standard InChI is InChI=1S/C13H21N3O2S/c1-9(19-4)8-15-13(14)16-10-5-6-11(17-2)12(7-10)18-3/h5-7,9H,8H2,1-4H3,(H3,14,15,16). The molecule has 0 saturated heterocycles. The number of aliphatic imine (C=N–C) groups is 1. The summed E-state index contributed by atoms with van der Waals surface area (Å²) in [6.45, 7) is 2.80. The molecule has 0 heterocycles. The Kier molecular flexibility index (Phi) is 6.35. The lowest BCUT2D eigenvalue weighted by Crippen LogP contribution is -2.23. The third kappa shape index (κ3) is 4.90. The third-order valence-corrected chi connectivity index (χ3v) is 3.53. The predicted octanol–water partition coefficient (Wildman–Crippen LogP) is 2.18. The fourth-order valence-electron chi connectivity index (χ4n) is 1.40. The smallest absolute Gasteiger partial charge is 0.193 e.